The van der Waals surface area contributed by atoms with E-state index in [1.807, 2.05) is 13.8 Å². The van der Waals surface area contributed by atoms with E-state index in [9.17, 15) is 30.0 Å². The Hall–Kier alpha value is -1.06. The van der Waals surface area contributed by atoms with Crippen LogP contribution in [-0.4, -0.2) is 69.0 Å². The highest BCUT2D eigenvalue weighted by atomic mass is 16.7. The summed E-state index contributed by atoms with van der Waals surface area (Å²) in [5.41, 5.74) is -1.22. The number of hydrogen-bond acceptors (Lipinski definition) is 7. The SMILES string of the molecule is [2H]C1([2H])C[C@]2(C)[C@H]3CC[C@]4(C)C(=O)CC[C@H]4[C@@H]3CC[C@H]2C([2H])([2H])[C@]1([2H])O[C@@H]1O[C@H](C(=O)O)[C@@H](O)[C@H](O)[C@H]1O. The molecule has 0 amide bonds. The van der Waals surface area contributed by atoms with Gasteiger partial charge in [-0.05, 0) is 80.4 Å². The fourth-order valence-electron chi connectivity index (χ4n) is 7.54. The number of ketones is 1. The normalized spacial score (nSPS) is 61.8. The van der Waals surface area contributed by atoms with Crippen LogP contribution in [0.2, 0.25) is 0 Å². The molecule has 5 fully saturated rings. The Morgan fingerprint density at radius 3 is 2.58 bits per heavy atom. The maximum Gasteiger partial charge on any atom is 0.335 e. The summed E-state index contributed by atoms with van der Waals surface area (Å²) in [6, 6.07) is 0. The van der Waals surface area contributed by atoms with E-state index >= 15 is 0 Å². The lowest BCUT2D eigenvalue weighted by atomic mass is 9.45. The van der Waals surface area contributed by atoms with Crippen molar-refractivity contribution >= 4 is 11.8 Å². The zero-order valence-electron chi connectivity index (χ0n) is 24.1. The number of hydrogen-bond donors (Lipinski definition) is 4. The van der Waals surface area contributed by atoms with Gasteiger partial charge in [-0.2, -0.15) is 0 Å². The van der Waals surface area contributed by atoms with E-state index in [4.69, 9.17) is 16.3 Å². The van der Waals surface area contributed by atoms with Crippen LogP contribution in [0.3, 0.4) is 0 Å². The average molecular weight is 472 g/mol. The molecule has 8 heteroatoms. The molecule has 4 saturated carbocycles. The van der Waals surface area contributed by atoms with Gasteiger partial charge in [0.2, 0.25) is 0 Å². The van der Waals surface area contributed by atoms with Crippen molar-refractivity contribution in [1.29, 1.82) is 0 Å². The molecule has 0 aromatic carbocycles. The van der Waals surface area contributed by atoms with E-state index in [0.717, 1.165) is 6.42 Å². The molecule has 1 heterocycles. The summed E-state index contributed by atoms with van der Waals surface area (Å²) in [5, 5.41) is 40.0. The van der Waals surface area contributed by atoms with Crippen molar-refractivity contribution in [2.45, 2.75) is 108 Å². The van der Waals surface area contributed by atoms with Crippen molar-refractivity contribution in [3.05, 3.63) is 0 Å². The number of fused-ring (bicyclic) bond motifs is 5. The standard InChI is InChI=1S/C25H38O8/c1-24-9-7-13(32-23-20(29)18(27)19(28)21(33-23)22(30)31)11-12(24)3-4-14-15-5-6-17(26)25(15,2)10-8-16(14)24/h12-16,18-21,23,27-29H,3-11H2,1-2H3,(H,30,31)/t12-,13+,14-,15-,16-,18-,19-,20+,21-,23+,24-,25-/m0/s1/i7D2,11D2,13D. The number of rotatable bonds is 3. The monoisotopic (exact) mass is 471 g/mol. The van der Waals surface area contributed by atoms with Crippen LogP contribution in [0.15, 0.2) is 0 Å². The average Bonchev–Trinajstić information content (AvgIpc) is 3.12. The zero-order chi connectivity index (χ0) is 28.2. The van der Waals surface area contributed by atoms with Crippen LogP contribution in [0.5, 0.6) is 0 Å². The molecule has 33 heavy (non-hydrogen) atoms. The molecule has 0 aromatic rings. The lowest BCUT2D eigenvalue weighted by Gasteiger charge is -2.60. The molecule has 0 spiro atoms. The number of aliphatic carboxylic acids is 1. The largest absolute Gasteiger partial charge is 0.479 e. The fourth-order valence-corrected chi connectivity index (χ4v) is 7.54. The summed E-state index contributed by atoms with van der Waals surface area (Å²) in [6.07, 6.45) is -14.8. The Labute approximate surface area is 201 Å². The van der Waals surface area contributed by atoms with Gasteiger partial charge in [-0.1, -0.05) is 13.8 Å². The number of carboxylic acid groups (broad SMARTS) is 1. The number of ether oxygens (including phenoxy) is 2. The number of Topliss-reactive ketones (excluding diaryl/α,β-unsaturated/α-hetero) is 1. The van der Waals surface area contributed by atoms with Crippen molar-refractivity contribution in [3.63, 3.8) is 0 Å². The number of carbonyl (C=O) groups excluding carboxylic acids is 1. The van der Waals surface area contributed by atoms with Crippen molar-refractivity contribution in [2.24, 2.45) is 34.5 Å². The van der Waals surface area contributed by atoms with Crippen molar-refractivity contribution in [3.8, 4) is 0 Å². The van der Waals surface area contributed by atoms with Gasteiger partial charge in [0.05, 0.1) is 7.45 Å². The van der Waals surface area contributed by atoms with E-state index in [1.165, 1.54) is 0 Å². The smallest absolute Gasteiger partial charge is 0.335 e. The highest BCUT2D eigenvalue weighted by molar-refractivity contribution is 5.87. The molecule has 186 valence electrons. The van der Waals surface area contributed by atoms with Gasteiger partial charge in [0.1, 0.15) is 24.1 Å². The summed E-state index contributed by atoms with van der Waals surface area (Å²) >= 11 is 0. The number of carbonyl (C=O) groups is 2. The lowest BCUT2D eigenvalue weighted by Crippen LogP contribution is -2.61. The number of aliphatic hydroxyl groups excluding tert-OH is 3. The predicted molar refractivity (Wildman–Crippen MR) is 116 cm³/mol. The summed E-state index contributed by atoms with van der Waals surface area (Å²) in [4.78, 5) is 24.2. The van der Waals surface area contributed by atoms with Gasteiger partial charge < -0.3 is 29.9 Å². The second kappa shape index (κ2) is 8.26. The van der Waals surface area contributed by atoms with Crippen LogP contribution in [-0.2, 0) is 19.1 Å². The Morgan fingerprint density at radius 2 is 1.85 bits per heavy atom. The van der Waals surface area contributed by atoms with Gasteiger partial charge in [-0.3, -0.25) is 4.79 Å². The van der Waals surface area contributed by atoms with E-state index in [2.05, 4.69) is 0 Å². The van der Waals surface area contributed by atoms with Gasteiger partial charge in [-0.15, -0.1) is 0 Å². The summed E-state index contributed by atoms with van der Waals surface area (Å²) in [7, 11) is 0. The minimum atomic E-state index is -2.92. The van der Waals surface area contributed by atoms with Crippen LogP contribution in [0.1, 0.15) is 78.4 Å². The molecule has 0 radical (unpaired) electrons. The van der Waals surface area contributed by atoms with Crippen molar-refractivity contribution in [1.82, 2.24) is 0 Å². The van der Waals surface area contributed by atoms with Gasteiger partial charge in [-0.25, -0.2) is 4.79 Å². The molecular formula is C25H38O8. The van der Waals surface area contributed by atoms with Crippen molar-refractivity contribution in [2.75, 3.05) is 0 Å². The highest BCUT2D eigenvalue weighted by Gasteiger charge is 2.60. The predicted octanol–water partition coefficient (Wildman–Crippen LogP) is 1.88. The molecule has 8 nitrogen and oxygen atoms in total. The molecule has 1 saturated heterocycles. The third-order valence-electron chi connectivity index (χ3n) is 9.56. The highest BCUT2D eigenvalue weighted by Crippen LogP contribution is 2.65. The topological polar surface area (TPSA) is 134 Å². The molecule has 12 atom stereocenters. The first-order valence-electron chi connectivity index (χ1n) is 14.6. The Balaban J connectivity index is 1.47. The number of aliphatic hydroxyl groups is 3. The maximum atomic E-state index is 12.7. The van der Waals surface area contributed by atoms with E-state index in [-0.39, 0.29) is 35.4 Å². The third-order valence-corrected chi connectivity index (χ3v) is 9.56. The molecule has 0 aromatic heterocycles. The van der Waals surface area contributed by atoms with Crippen LogP contribution in [0.25, 0.3) is 0 Å². The van der Waals surface area contributed by atoms with Gasteiger partial charge in [0.25, 0.3) is 0 Å². The molecule has 5 rings (SSSR count). The Morgan fingerprint density at radius 1 is 1.09 bits per heavy atom. The first-order valence-corrected chi connectivity index (χ1v) is 12.1. The second-order valence-corrected chi connectivity index (χ2v) is 11.1. The zero-order valence-corrected chi connectivity index (χ0v) is 19.1. The van der Waals surface area contributed by atoms with E-state index in [0.29, 0.717) is 32.1 Å². The first kappa shape index (κ1) is 18.2. The van der Waals surface area contributed by atoms with Crippen LogP contribution < -0.4 is 0 Å². The molecular weight excluding hydrogens is 428 g/mol. The van der Waals surface area contributed by atoms with E-state index in [1.54, 1.807) is 0 Å². The Bertz CT molecular complexity index is 1010. The maximum absolute atomic E-state index is 12.7. The van der Waals surface area contributed by atoms with Gasteiger partial charge >= 0.3 is 5.97 Å². The lowest BCUT2D eigenvalue weighted by molar-refractivity contribution is -0.309. The first-order chi connectivity index (χ1) is 17.4. The molecule has 1 aliphatic heterocycles. The summed E-state index contributed by atoms with van der Waals surface area (Å²) in [5.74, 6) is -1.88. The van der Waals surface area contributed by atoms with Crippen LogP contribution in [0.4, 0.5) is 0 Å². The van der Waals surface area contributed by atoms with Crippen LogP contribution in [0, 0.1) is 34.5 Å². The summed E-state index contributed by atoms with van der Waals surface area (Å²) < 4.78 is 55.8. The quantitative estimate of drug-likeness (QED) is 0.459. The molecule has 0 unspecified atom stereocenters. The minimum absolute atomic E-state index is 0.0372. The third kappa shape index (κ3) is 3.59. The minimum Gasteiger partial charge on any atom is -0.479 e. The van der Waals surface area contributed by atoms with E-state index < -0.39 is 66.8 Å². The molecule has 0 bridgehead atoms. The number of carboxylic acids is 1. The van der Waals surface area contributed by atoms with Gasteiger partial charge in [0.15, 0.2) is 12.4 Å². The molecule has 5 aliphatic rings. The van der Waals surface area contributed by atoms with Gasteiger partial charge in [0, 0.05) is 17.3 Å². The van der Waals surface area contributed by atoms with Crippen molar-refractivity contribution < 1.29 is 46.3 Å². The molecule has 4 N–H and O–H groups in total. The summed E-state index contributed by atoms with van der Waals surface area (Å²) in [6.45, 7) is 3.92. The second-order valence-electron chi connectivity index (χ2n) is 11.1. The fraction of sp³-hybridized carbons (Fsp3) is 0.920. The van der Waals surface area contributed by atoms with Crippen LogP contribution >= 0.6 is 0 Å². The Kier molecular flexibility index (Phi) is 4.57. The molecule has 4 aliphatic carbocycles.